The van der Waals surface area contributed by atoms with Crippen molar-refractivity contribution in [2.45, 2.75) is 37.5 Å². The summed E-state index contributed by atoms with van der Waals surface area (Å²) in [6, 6.07) is 0. The van der Waals surface area contributed by atoms with E-state index in [-0.39, 0.29) is 18.6 Å². The lowest BCUT2D eigenvalue weighted by molar-refractivity contribution is 0.109. The number of hydrogen-bond donors (Lipinski definition) is 2. The third-order valence-electron chi connectivity index (χ3n) is 2.62. The molecule has 0 aromatic rings. The lowest BCUT2D eigenvalue weighted by Crippen LogP contribution is -2.35. The highest BCUT2D eigenvalue weighted by atomic mass is 32.2. The van der Waals surface area contributed by atoms with Crippen molar-refractivity contribution >= 4 is 10.0 Å². The average molecular weight is 243 g/mol. The fourth-order valence-corrected chi connectivity index (χ4v) is 2.24. The molecule has 0 unspecified atom stereocenters. The Bertz CT molecular complexity index is 286. The monoisotopic (exact) mass is 243 g/mol. The van der Waals surface area contributed by atoms with Crippen LogP contribution in [0.15, 0.2) is 0 Å². The van der Waals surface area contributed by atoms with Crippen molar-refractivity contribution in [2.24, 2.45) is 5.92 Å². The normalized spacial score (nSPS) is 28.3. The number of sulfonamides is 1. The van der Waals surface area contributed by atoms with Crippen molar-refractivity contribution in [3.05, 3.63) is 0 Å². The Balaban J connectivity index is 2.32. The molecule has 4 nitrogen and oxygen atoms in total. The number of aliphatic hydroxyl groups excluding tert-OH is 1. The molecule has 1 saturated carbocycles. The van der Waals surface area contributed by atoms with Gasteiger partial charge in [-0.3, -0.25) is 0 Å². The number of halogens is 2. The van der Waals surface area contributed by atoms with E-state index in [1.807, 2.05) is 4.72 Å². The molecule has 0 spiro atoms. The minimum atomic E-state index is -4.46. The Morgan fingerprint density at radius 1 is 1.27 bits per heavy atom. The minimum absolute atomic E-state index is 0.0411. The van der Waals surface area contributed by atoms with Crippen molar-refractivity contribution in [2.75, 3.05) is 6.54 Å². The maximum Gasteiger partial charge on any atom is 0.350 e. The highest BCUT2D eigenvalue weighted by Crippen LogP contribution is 2.23. The van der Waals surface area contributed by atoms with Crippen LogP contribution in [0.1, 0.15) is 25.7 Å². The zero-order valence-corrected chi connectivity index (χ0v) is 9.01. The molecule has 1 aliphatic carbocycles. The first-order valence-electron chi connectivity index (χ1n) is 4.86. The molecule has 7 heteroatoms. The van der Waals surface area contributed by atoms with Gasteiger partial charge in [-0.2, -0.15) is 8.78 Å². The Labute approximate surface area is 87.7 Å². The molecule has 0 radical (unpaired) electrons. The summed E-state index contributed by atoms with van der Waals surface area (Å²) >= 11 is 0. The first-order chi connectivity index (χ1) is 6.92. The van der Waals surface area contributed by atoms with E-state index in [2.05, 4.69) is 0 Å². The van der Waals surface area contributed by atoms with E-state index in [9.17, 15) is 22.3 Å². The zero-order chi connectivity index (χ0) is 11.5. The fraction of sp³-hybridized carbons (Fsp3) is 1.00. The molecule has 0 aromatic carbocycles. The first-order valence-corrected chi connectivity index (χ1v) is 6.41. The fourth-order valence-electron chi connectivity index (χ4n) is 1.65. The predicted octanol–water partition coefficient (Wildman–Crippen LogP) is 0.679. The highest BCUT2D eigenvalue weighted by molar-refractivity contribution is 7.89. The Kier molecular flexibility index (Phi) is 4.42. The van der Waals surface area contributed by atoms with Crippen molar-refractivity contribution in [1.29, 1.82) is 0 Å². The second-order valence-corrected chi connectivity index (χ2v) is 5.56. The third kappa shape index (κ3) is 4.00. The first kappa shape index (κ1) is 12.8. The molecule has 0 aliphatic heterocycles. The lowest BCUT2D eigenvalue weighted by atomic mass is 9.88. The van der Waals surface area contributed by atoms with E-state index in [1.54, 1.807) is 0 Å². The summed E-state index contributed by atoms with van der Waals surface area (Å²) in [6.07, 6.45) is 2.25. The third-order valence-corrected chi connectivity index (χ3v) is 3.66. The second-order valence-electron chi connectivity index (χ2n) is 3.83. The summed E-state index contributed by atoms with van der Waals surface area (Å²) in [6.45, 7) is 0.0411. The van der Waals surface area contributed by atoms with Crippen LogP contribution in [-0.4, -0.2) is 31.9 Å². The summed E-state index contributed by atoms with van der Waals surface area (Å²) in [5.74, 6) is -3.31. The van der Waals surface area contributed by atoms with Crippen LogP contribution in [0.2, 0.25) is 0 Å². The predicted molar refractivity (Wildman–Crippen MR) is 50.9 cm³/mol. The van der Waals surface area contributed by atoms with E-state index in [1.165, 1.54) is 0 Å². The highest BCUT2D eigenvalue weighted by Gasteiger charge is 2.26. The van der Waals surface area contributed by atoms with Gasteiger partial charge in [-0.15, -0.1) is 0 Å². The molecule has 1 fully saturated rings. The van der Waals surface area contributed by atoms with Gasteiger partial charge in [-0.1, -0.05) is 0 Å². The van der Waals surface area contributed by atoms with E-state index in [0.29, 0.717) is 25.7 Å². The van der Waals surface area contributed by atoms with Crippen molar-refractivity contribution in [1.82, 2.24) is 4.72 Å². The van der Waals surface area contributed by atoms with Crippen LogP contribution in [-0.2, 0) is 10.0 Å². The molecule has 1 aliphatic rings. The van der Waals surface area contributed by atoms with Crippen LogP contribution >= 0.6 is 0 Å². The van der Waals surface area contributed by atoms with Gasteiger partial charge in [0.25, 0.3) is 10.0 Å². The molecule has 0 bridgehead atoms. The summed E-state index contributed by atoms with van der Waals surface area (Å²) in [7, 11) is -4.46. The molecule has 0 saturated heterocycles. The van der Waals surface area contributed by atoms with Gasteiger partial charge in [-0.05, 0) is 31.6 Å². The molecule has 0 atom stereocenters. The lowest BCUT2D eigenvalue weighted by Gasteiger charge is -2.25. The smallest absolute Gasteiger partial charge is 0.350 e. The van der Waals surface area contributed by atoms with Gasteiger partial charge in [0.15, 0.2) is 0 Å². The molecular formula is C8H15F2NO3S. The maximum atomic E-state index is 11.9. The summed E-state index contributed by atoms with van der Waals surface area (Å²) in [5.41, 5.74) is 0. The standard InChI is InChI=1S/C8H15F2NO3S/c9-8(10)15(13,14)11-5-6-1-3-7(12)4-2-6/h6-8,11-12H,1-5H2. The number of nitrogens with one attached hydrogen (secondary N) is 1. The number of aliphatic hydroxyl groups is 1. The summed E-state index contributed by atoms with van der Waals surface area (Å²) in [4.78, 5) is 0. The Hall–Kier alpha value is -0.270. The van der Waals surface area contributed by atoms with E-state index in [4.69, 9.17) is 0 Å². The molecule has 2 N–H and O–H groups in total. The number of alkyl halides is 2. The van der Waals surface area contributed by atoms with E-state index in [0.717, 1.165) is 0 Å². The molecule has 1 rings (SSSR count). The number of hydrogen-bond acceptors (Lipinski definition) is 3. The summed E-state index contributed by atoms with van der Waals surface area (Å²) < 4.78 is 47.2. The van der Waals surface area contributed by atoms with Gasteiger partial charge in [0.2, 0.25) is 0 Å². The van der Waals surface area contributed by atoms with Crippen LogP contribution in [0.3, 0.4) is 0 Å². The van der Waals surface area contributed by atoms with Crippen LogP contribution < -0.4 is 4.72 Å². The van der Waals surface area contributed by atoms with Crippen LogP contribution in [0.4, 0.5) is 8.78 Å². The largest absolute Gasteiger partial charge is 0.393 e. The van der Waals surface area contributed by atoms with Gasteiger partial charge >= 0.3 is 5.76 Å². The van der Waals surface area contributed by atoms with Gasteiger partial charge in [0.05, 0.1) is 6.10 Å². The average Bonchev–Trinajstić information content (AvgIpc) is 2.17. The quantitative estimate of drug-likeness (QED) is 0.763. The Morgan fingerprint density at radius 3 is 2.27 bits per heavy atom. The van der Waals surface area contributed by atoms with Gasteiger partial charge in [0, 0.05) is 6.54 Å². The van der Waals surface area contributed by atoms with E-state index < -0.39 is 15.8 Å². The van der Waals surface area contributed by atoms with Crippen LogP contribution in [0.5, 0.6) is 0 Å². The van der Waals surface area contributed by atoms with Crippen LogP contribution in [0, 0.1) is 5.92 Å². The molecule has 0 amide bonds. The minimum Gasteiger partial charge on any atom is -0.393 e. The molecular weight excluding hydrogens is 228 g/mol. The van der Waals surface area contributed by atoms with Crippen molar-refractivity contribution < 1.29 is 22.3 Å². The maximum absolute atomic E-state index is 11.9. The Morgan fingerprint density at radius 2 is 1.80 bits per heavy atom. The van der Waals surface area contributed by atoms with Crippen LogP contribution in [0.25, 0.3) is 0 Å². The molecule has 15 heavy (non-hydrogen) atoms. The van der Waals surface area contributed by atoms with Gasteiger partial charge < -0.3 is 5.11 Å². The van der Waals surface area contributed by atoms with Crippen molar-refractivity contribution in [3.63, 3.8) is 0 Å². The second kappa shape index (κ2) is 5.18. The molecule has 90 valence electrons. The van der Waals surface area contributed by atoms with Gasteiger partial charge in [0.1, 0.15) is 0 Å². The van der Waals surface area contributed by atoms with E-state index >= 15 is 0 Å². The molecule has 0 heterocycles. The van der Waals surface area contributed by atoms with Crippen molar-refractivity contribution in [3.8, 4) is 0 Å². The summed E-state index contributed by atoms with van der Waals surface area (Å²) in [5, 5.41) is 9.18. The molecule has 0 aromatic heterocycles. The number of rotatable bonds is 4. The topological polar surface area (TPSA) is 66.4 Å². The SMILES string of the molecule is O=S(=O)(NCC1CCC(O)CC1)C(F)F. The zero-order valence-electron chi connectivity index (χ0n) is 8.20. The van der Waals surface area contributed by atoms with Gasteiger partial charge in [-0.25, -0.2) is 13.1 Å².